The standard InChI is InChI=1S/C24H32N2O4S/c1-4-6-18-26(19-7-5-2)31(28,29)23-15-11-21(12-16-23)25-24(27)17-10-20-8-13-22(30-3)14-9-20/h8-17H,4-7,18-19H2,1-3H3,(H,25,27)/b17-10+. The zero-order valence-electron chi connectivity index (χ0n) is 18.5. The van der Waals surface area contributed by atoms with Crippen molar-refractivity contribution in [1.29, 1.82) is 0 Å². The second kappa shape index (κ2) is 12.3. The Kier molecular flexibility index (Phi) is 9.75. The van der Waals surface area contributed by atoms with Gasteiger partial charge in [0.25, 0.3) is 0 Å². The van der Waals surface area contributed by atoms with Crippen LogP contribution in [0.2, 0.25) is 0 Å². The molecule has 0 fully saturated rings. The predicted octanol–water partition coefficient (Wildman–Crippen LogP) is 4.94. The molecule has 0 heterocycles. The Labute approximate surface area is 186 Å². The number of unbranched alkanes of at least 4 members (excludes halogenated alkanes) is 2. The van der Waals surface area contributed by atoms with Crippen molar-refractivity contribution in [3.63, 3.8) is 0 Å². The van der Waals surface area contributed by atoms with Gasteiger partial charge in [-0.3, -0.25) is 4.79 Å². The van der Waals surface area contributed by atoms with Gasteiger partial charge in [-0.05, 0) is 60.9 Å². The lowest BCUT2D eigenvalue weighted by molar-refractivity contribution is -0.111. The molecule has 0 atom stereocenters. The summed E-state index contributed by atoms with van der Waals surface area (Å²) in [5.41, 5.74) is 1.41. The third kappa shape index (κ3) is 7.52. The molecule has 1 N–H and O–H groups in total. The Morgan fingerprint density at radius 3 is 2.06 bits per heavy atom. The molecule has 0 aliphatic heterocycles. The number of methoxy groups -OCH3 is 1. The molecule has 0 unspecified atom stereocenters. The van der Waals surface area contributed by atoms with Crippen LogP contribution in [-0.4, -0.2) is 38.8 Å². The van der Waals surface area contributed by atoms with Gasteiger partial charge in [0.1, 0.15) is 5.75 Å². The highest BCUT2D eigenvalue weighted by molar-refractivity contribution is 7.89. The maximum Gasteiger partial charge on any atom is 0.248 e. The van der Waals surface area contributed by atoms with Crippen LogP contribution < -0.4 is 10.1 Å². The smallest absolute Gasteiger partial charge is 0.248 e. The molecule has 2 aromatic rings. The second-order valence-corrected chi connectivity index (χ2v) is 9.17. The SMILES string of the molecule is CCCCN(CCCC)S(=O)(=O)c1ccc(NC(=O)/C=C/c2ccc(OC)cc2)cc1. The summed E-state index contributed by atoms with van der Waals surface area (Å²) in [6.07, 6.45) is 6.67. The summed E-state index contributed by atoms with van der Waals surface area (Å²) in [6, 6.07) is 13.7. The molecular weight excluding hydrogens is 412 g/mol. The minimum atomic E-state index is -3.55. The highest BCUT2D eigenvalue weighted by Gasteiger charge is 2.23. The van der Waals surface area contributed by atoms with E-state index in [0.717, 1.165) is 37.0 Å². The molecule has 6 nitrogen and oxygen atoms in total. The van der Waals surface area contributed by atoms with E-state index in [-0.39, 0.29) is 10.8 Å². The van der Waals surface area contributed by atoms with Crippen molar-refractivity contribution in [2.45, 2.75) is 44.4 Å². The van der Waals surface area contributed by atoms with E-state index in [0.29, 0.717) is 18.8 Å². The number of carbonyl (C=O) groups excluding carboxylic acids is 1. The van der Waals surface area contributed by atoms with Crippen molar-refractivity contribution in [3.05, 3.63) is 60.2 Å². The van der Waals surface area contributed by atoms with Crippen LogP contribution in [0.15, 0.2) is 59.5 Å². The number of rotatable bonds is 12. The topological polar surface area (TPSA) is 75.7 Å². The van der Waals surface area contributed by atoms with E-state index in [1.54, 1.807) is 41.8 Å². The van der Waals surface area contributed by atoms with Crippen LogP contribution in [0.25, 0.3) is 6.08 Å². The maximum absolute atomic E-state index is 13.0. The third-order valence-corrected chi connectivity index (χ3v) is 6.74. The fourth-order valence-corrected chi connectivity index (χ4v) is 4.47. The quantitative estimate of drug-likeness (QED) is 0.471. The molecule has 7 heteroatoms. The average Bonchev–Trinajstić information content (AvgIpc) is 2.78. The van der Waals surface area contributed by atoms with Gasteiger partial charge in [0.2, 0.25) is 15.9 Å². The number of ether oxygens (including phenoxy) is 1. The lowest BCUT2D eigenvalue weighted by Gasteiger charge is -2.22. The molecule has 0 bridgehead atoms. The van der Waals surface area contributed by atoms with Gasteiger partial charge in [0, 0.05) is 24.9 Å². The molecule has 2 rings (SSSR count). The third-order valence-electron chi connectivity index (χ3n) is 4.82. The van der Waals surface area contributed by atoms with Gasteiger partial charge in [-0.1, -0.05) is 38.8 Å². The number of benzene rings is 2. The molecule has 31 heavy (non-hydrogen) atoms. The summed E-state index contributed by atoms with van der Waals surface area (Å²) in [5.74, 6) is 0.457. The van der Waals surface area contributed by atoms with Gasteiger partial charge in [-0.25, -0.2) is 8.42 Å². The summed E-state index contributed by atoms with van der Waals surface area (Å²) in [6.45, 7) is 5.14. The molecular formula is C24H32N2O4S. The Bertz CT molecular complexity index is 944. The number of sulfonamides is 1. The van der Waals surface area contributed by atoms with Crippen molar-refractivity contribution in [3.8, 4) is 5.75 Å². The number of nitrogens with zero attached hydrogens (tertiary/aromatic N) is 1. The summed E-state index contributed by atoms with van der Waals surface area (Å²) >= 11 is 0. The predicted molar refractivity (Wildman–Crippen MR) is 126 cm³/mol. The van der Waals surface area contributed by atoms with Crippen LogP contribution >= 0.6 is 0 Å². The van der Waals surface area contributed by atoms with E-state index in [9.17, 15) is 13.2 Å². The molecule has 0 saturated carbocycles. The van der Waals surface area contributed by atoms with Crippen LogP contribution in [-0.2, 0) is 14.8 Å². The Hall–Kier alpha value is -2.64. The van der Waals surface area contributed by atoms with Crippen molar-refractivity contribution in [2.75, 3.05) is 25.5 Å². The molecule has 1 amide bonds. The first kappa shape index (κ1) is 24.6. The van der Waals surface area contributed by atoms with E-state index < -0.39 is 10.0 Å². The normalized spacial score (nSPS) is 11.7. The van der Waals surface area contributed by atoms with Gasteiger partial charge in [0.15, 0.2) is 0 Å². The maximum atomic E-state index is 13.0. The van der Waals surface area contributed by atoms with E-state index >= 15 is 0 Å². The van der Waals surface area contributed by atoms with E-state index in [2.05, 4.69) is 5.32 Å². The summed E-state index contributed by atoms with van der Waals surface area (Å²) in [7, 11) is -1.95. The Morgan fingerprint density at radius 2 is 1.55 bits per heavy atom. The summed E-state index contributed by atoms with van der Waals surface area (Å²) < 4.78 is 32.7. The largest absolute Gasteiger partial charge is 0.497 e. The average molecular weight is 445 g/mol. The van der Waals surface area contributed by atoms with Crippen molar-refractivity contribution < 1.29 is 17.9 Å². The first-order chi connectivity index (χ1) is 14.9. The van der Waals surface area contributed by atoms with Crippen LogP contribution in [0, 0.1) is 0 Å². The zero-order chi connectivity index (χ0) is 22.7. The Morgan fingerprint density at radius 1 is 0.968 bits per heavy atom. The van der Waals surface area contributed by atoms with Gasteiger partial charge >= 0.3 is 0 Å². The van der Waals surface area contributed by atoms with Gasteiger partial charge in [-0.2, -0.15) is 4.31 Å². The van der Waals surface area contributed by atoms with E-state index in [1.807, 2.05) is 38.1 Å². The summed E-state index contributed by atoms with van der Waals surface area (Å²) in [4.78, 5) is 12.4. The molecule has 168 valence electrons. The monoisotopic (exact) mass is 444 g/mol. The molecule has 0 aliphatic rings. The number of amides is 1. The van der Waals surface area contributed by atoms with Crippen molar-refractivity contribution in [2.24, 2.45) is 0 Å². The zero-order valence-corrected chi connectivity index (χ0v) is 19.3. The minimum absolute atomic E-state index is 0.242. The van der Waals surface area contributed by atoms with E-state index in [1.165, 1.54) is 6.08 Å². The highest BCUT2D eigenvalue weighted by Crippen LogP contribution is 2.20. The number of hydrogen-bond donors (Lipinski definition) is 1. The summed E-state index contributed by atoms with van der Waals surface area (Å²) in [5, 5.41) is 2.75. The Balaban J connectivity index is 2.03. The minimum Gasteiger partial charge on any atom is -0.497 e. The number of anilines is 1. The van der Waals surface area contributed by atoms with Gasteiger partial charge in [-0.15, -0.1) is 0 Å². The van der Waals surface area contributed by atoms with Crippen LogP contribution in [0.4, 0.5) is 5.69 Å². The highest BCUT2D eigenvalue weighted by atomic mass is 32.2. The lowest BCUT2D eigenvalue weighted by atomic mass is 10.2. The molecule has 2 aromatic carbocycles. The molecule has 0 aromatic heterocycles. The van der Waals surface area contributed by atoms with Crippen LogP contribution in [0.5, 0.6) is 5.75 Å². The number of carbonyl (C=O) groups is 1. The van der Waals surface area contributed by atoms with Gasteiger partial charge < -0.3 is 10.1 Å². The first-order valence-corrected chi connectivity index (χ1v) is 12.1. The number of hydrogen-bond acceptors (Lipinski definition) is 4. The lowest BCUT2D eigenvalue weighted by Crippen LogP contribution is -2.33. The van der Waals surface area contributed by atoms with Crippen LogP contribution in [0.1, 0.15) is 45.1 Å². The fourth-order valence-electron chi connectivity index (χ4n) is 2.95. The molecule has 0 radical (unpaired) electrons. The molecule has 0 spiro atoms. The second-order valence-electron chi connectivity index (χ2n) is 7.23. The van der Waals surface area contributed by atoms with Crippen LogP contribution in [0.3, 0.4) is 0 Å². The molecule has 0 aliphatic carbocycles. The molecule has 0 saturated heterocycles. The van der Waals surface area contributed by atoms with Crippen molar-refractivity contribution in [1.82, 2.24) is 4.31 Å². The first-order valence-electron chi connectivity index (χ1n) is 10.6. The van der Waals surface area contributed by atoms with Gasteiger partial charge in [0.05, 0.1) is 12.0 Å². The number of nitrogens with one attached hydrogen (secondary N) is 1. The fraction of sp³-hybridized carbons (Fsp3) is 0.375. The van der Waals surface area contributed by atoms with Crippen molar-refractivity contribution >= 4 is 27.7 Å². The van der Waals surface area contributed by atoms with E-state index in [4.69, 9.17) is 4.74 Å².